The van der Waals surface area contributed by atoms with E-state index < -0.39 is 10.0 Å². The highest BCUT2D eigenvalue weighted by molar-refractivity contribution is 7.89. The molecule has 0 saturated carbocycles. The van der Waals surface area contributed by atoms with Gasteiger partial charge in [-0.2, -0.15) is 0 Å². The molecule has 108 valence electrons. The molecule has 0 aliphatic heterocycles. The lowest BCUT2D eigenvalue weighted by atomic mass is 10.1. The summed E-state index contributed by atoms with van der Waals surface area (Å²) in [5.74, 6) is 0. The van der Waals surface area contributed by atoms with Crippen molar-refractivity contribution in [2.75, 3.05) is 0 Å². The molecule has 1 heterocycles. The van der Waals surface area contributed by atoms with E-state index in [-0.39, 0.29) is 10.9 Å². The lowest BCUT2D eigenvalue weighted by molar-refractivity contribution is 0.577. The van der Waals surface area contributed by atoms with E-state index in [1.54, 1.807) is 12.1 Å². The van der Waals surface area contributed by atoms with E-state index >= 15 is 0 Å². The fourth-order valence-corrected chi connectivity index (χ4v) is 3.32. The fourth-order valence-electron chi connectivity index (χ4n) is 1.76. The van der Waals surface area contributed by atoms with Gasteiger partial charge in [0.25, 0.3) is 0 Å². The highest BCUT2D eigenvalue weighted by atomic mass is 35.5. The normalized spacial score (nSPS) is 13.3. The summed E-state index contributed by atoms with van der Waals surface area (Å²) in [4.78, 5) is 1.28. The van der Waals surface area contributed by atoms with Crippen molar-refractivity contribution in [3.05, 3.63) is 51.2 Å². The van der Waals surface area contributed by atoms with Crippen LogP contribution in [0.15, 0.2) is 41.3 Å². The minimum atomic E-state index is -3.63. The van der Waals surface area contributed by atoms with Crippen molar-refractivity contribution in [3.63, 3.8) is 0 Å². The molecular formula is C13H15ClN2O2S2. The molecule has 1 atom stereocenters. The van der Waals surface area contributed by atoms with E-state index in [9.17, 15) is 8.42 Å². The summed E-state index contributed by atoms with van der Waals surface area (Å²) in [7, 11) is -3.63. The van der Waals surface area contributed by atoms with Gasteiger partial charge in [0.1, 0.15) is 0 Å². The number of sulfonamides is 1. The second-order valence-corrected chi connectivity index (χ2v) is 7.78. The Bertz CT molecular complexity index is 681. The molecule has 1 unspecified atom stereocenters. The number of hydrogen-bond acceptors (Lipinski definition) is 4. The topological polar surface area (TPSA) is 72.2 Å². The molecule has 2 aromatic rings. The maximum absolute atomic E-state index is 11.2. The largest absolute Gasteiger partial charge is 0.305 e. The summed E-state index contributed by atoms with van der Waals surface area (Å²) in [6.45, 7) is 2.73. The lowest BCUT2D eigenvalue weighted by Crippen LogP contribution is -2.18. The van der Waals surface area contributed by atoms with Gasteiger partial charge in [0.05, 0.1) is 9.23 Å². The number of halogens is 1. The first kappa shape index (κ1) is 15.5. The third-order valence-corrected chi connectivity index (χ3v) is 5.08. The van der Waals surface area contributed by atoms with Gasteiger partial charge in [0, 0.05) is 17.5 Å². The smallest absolute Gasteiger partial charge is 0.238 e. The van der Waals surface area contributed by atoms with E-state index in [4.69, 9.17) is 16.7 Å². The third-order valence-electron chi connectivity index (χ3n) is 2.92. The van der Waals surface area contributed by atoms with Gasteiger partial charge in [-0.3, -0.25) is 0 Å². The molecule has 0 fully saturated rings. The van der Waals surface area contributed by atoms with Crippen LogP contribution in [0.5, 0.6) is 0 Å². The van der Waals surface area contributed by atoms with Crippen LogP contribution in [0.25, 0.3) is 0 Å². The van der Waals surface area contributed by atoms with Crippen LogP contribution in [-0.2, 0) is 16.6 Å². The zero-order valence-corrected chi connectivity index (χ0v) is 13.2. The van der Waals surface area contributed by atoms with Crippen LogP contribution in [0.3, 0.4) is 0 Å². The van der Waals surface area contributed by atoms with Gasteiger partial charge in [0.2, 0.25) is 10.0 Å². The van der Waals surface area contributed by atoms with Crippen LogP contribution in [-0.4, -0.2) is 8.42 Å². The van der Waals surface area contributed by atoms with Crippen molar-refractivity contribution in [3.8, 4) is 0 Å². The Balaban J connectivity index is 2.00. The van der Waals surface area contributed by atoms with E-state index in [1.807, 2.05) is 19.1 Å². The first-order chi connectivity index (χ1) is 9.36. The zero-order valence-electron chi connectivity index (χ0n) is 10.8. The van der Waals surface area contributed by atoms with Gasteiger partial charge >= 0.3 is 0 Å². The first-order valence-corrected chi connectivity index (χ1v) is 8.71. The monoisotopic (exact) mass is 330 g/mol. The van der Waals surface area contributed by atoms with E-state index in [1.165, 1.54) is 23.5 Å². The maximum Gasteiger partial charge on any atom is 0.238 e. The molecule has 3 N–H and O–H groups in total. The van der Waals surface area contributed by atoms with Crippen LogP contribution in [0.4, 0.5) is 0 Å². The van der Waals surface area contributed by atoms with E-state index in [2.05, 4.69) is 5.32 Å². The number of benzene rings is 1. The molecule has 20 heavy (non-hydrogen) atoms. The quantitative estimate of drug-likeness (QED) is 0.885. The number of hydrogen-bond donors (Lipinski definition) is 2. The van der Waals surface area contributed by atoms with Crippen LogP contribution >= 0.6 is 22.9 Å². The number of thiophene rings is 1. The van der Waals surface area contributed by atoms with Crippen molar-refractivity contribution >= 4 is 33.0 Å². The second kappa shape index (κ2) is 6.24. The summed E-state index contributed by atoms with van der Waals surface area (Å²) < 4.78 is 23.1. The Kier molecular flexibility index (Phi) is 4.82. The summed E-state index contributed by atoms with van der Waals surface area (Å²) in [6.07, 6.45) is 0. The molecule has 1 aromatic heterocycles. The highest BCUT2D eigenvalue weighted by Crippen LogP contribution is 2.22. The van der Waals surface area contributed by atoms with Gasteiger partial charge in [-0.05, 0) is 36.8 Å². The summed E-state index contributed by atoms with van der Waals surface area (Å²) in [6, 6.07) is 10.5. The molecular weight excluding hydrogens is 316 g/mol. The predicted octanol–water partition coefficient (Wildman–Crippen LogP) is 2.90. The average molecular weight is 331 g/mol. The molecule has 0 radical (unpaired) electrons. The maximum atomic E-state index is 11.2. The van der Waals surface area contributed by atoms with Crippen molar-refractivity contribution < 1.29 is 8.42 Å². The second-order valence-electron chi connectivity index (χ2n) is 4.42. The molecule has 0 aliphatic carbocycles. The third kappa shape index (κ3) is 4.04. The molecule has 4 nitrogen and oxygen atoms in total. The number of primary sulfonamides is 1. The molecule has 0 saturated heterocycles. The Morgan fingerprint density at radius 1 is 1.25 bits per heavy atom. The van der Waals surface area contributed by atoms with Crippen molar-refractivity contribution in [1.82, 2.24) is 5.32 Å². The summed E-state index contributed by atoms with van der Waals surface area (Å²) in [5, 5.41) is 8.42. The standard InChI is InChI=1S/C13H15ClN2O2S2/c1-9(16-8-11-4-7-13(14)19-11)10-2-5-12(6-3-10)20(15,17)18/h2-7,9,16H,8H2,1H3,(H2,15,17,18). The van der Waals surface area contributed by atoms with Crippen molar-refractivity contribution in [1.29, 1.82) is 0 Å². The van der Waals surface area contributed by atoms with Gasteiger partial charge < -0.3 is 5.32 Å². The Morgan fingerprint density at radius 3 is 2.40 bits per heavy atom. The molecule has 0 aliphatic rings. The predicted molar refractivity (Wildman–Crippen MR) is 82.4 cm³/mol. The fraction of sp³-hybridized carbons (Fsp3) is 0.231. The van der Waals surface area contributed by atoms with Crippen LogP contribution < -0.4 is 10.5 Å². The Labute approximate surface area is 127 Å². The van der Waals surface area contributed by atoms with Crippen LogP contribution in [0.1, 0.15) is 23.4 Å². The minimum absolute atomic E-state index is 0.102. The van der Waals surface area contributed by atoms with E-state index in [0.29, 0.717) is 0 Å². The van der Waals surface area contributed by atoms with Gasteiger partial charge in [-0.1, -0.05) is 23.7 Å². The zero-order chi connectivity index (χ0) is 14.8. The van der Waals surface area contributed by atoms with Crippen LogP contribution in [0, 0.1) is 0 Å². The van der Waals surface area contributed by atoms with Crippen molar-refractivity contribution in [2.24, 2.45) is 5.14 Å². The van der Waals surface area contributed by atoms with Crippen LogP contribution in [0.2, 0.25) is 4.34 Å². The van der Waals surface area contributed by atoms with Gasteiger partial charge in [-0.25, -0.2) is 13.6 Å². The first-order valence-electron chi connectivity index (χ1n) is 5.96. The number of nitrogens with one attached hydrogen (secondary N) is 1. The molecule has 0 amide bonds. The van der Waals surface area contributed by atoms with Gasteiger partial charge in [-0.15, -0.1) is 11.3 Å². The molecule has 0 bridgehead atoms. The Morgan fingerprint density at radius 2 is 1.90 bits per heavy atom. The molecule has 0 spiro atoms. The molecule has 1 aromatic carbocycles. The minimum Gasteiger partial charge on any atom is -0.305 e. The molecule has 2 rings (SSSR count). The highest BCUT2D eigenvalue weighted by Gasteiger charge is 2.10. The lowest BCUT2D eigenvalue weighted by Gasteiger charge is -2.14. The average Bonchev–Trinajstić information content (AvgIpc) is 2.81. The van der Waals surface area contributed by atoms with Crippen molar-refractivity contribution in [2.45, 2.75) is 24.4 Å². The van der Waals surface area contributed by atoms with E-state index in [0.717, 1.165) is 21.3 Å². The molecule has 7 heteroatoms. The summed E-state index contributed by atoms with van der Waals surface area (Å²) >= 11 is 7.41. The number of rotatable bonds is 5. The Hall–Kier alpha value is -0.920. The SMILES string of the molecule is CC(NCc1ccc(Cl)s1)c1ccc(S(N)(=O)=O)cc1. The number of nitrogens with two attached hydrogens (primary N) is 1. The summed E-state index contributed by atoms with van der Waals surface area (Å²) in [5.41, 5.74) is 1.00. The van der Waals surface area contributed by atoms with Gasteiger partial charge in [0.15, 0.2) is 0 Å².